The predicted octanol–water partition coefficient (Wildman–Crippen LogP) is 4.74. The van der Waals surface area contributed by atoms with Gasteiger partial charge in [0.05, 0.1) is 7.11 Å². The van der Waals surface area contributed by atoms with E-state index < -0.39 is 5.60 Å². The van der Waals surface area contributed by atoms with Crippen LogP contribution in [-0.2, 0) is 10.3 Å². The summed E-state index contributed by atoms with van der Waals surface area (Å²) in [6, 6.07) is 26.4. The lowest BCUT2D eigenvalue weighted by atomic mass is 9.79. The quantitative estimate of drug-likeness (QED) is 0.693. The molecular formula is C22H20O3. The van der Waals surface area contributed by atoms with Crippen LogP contribution in [0.25, 0.3) is 0 Å². The summed E-state index contributed by atoms with van der Waals surface area (Å²) < 4.78 is 17.9. The summed E-state index contributed by atoms with van der Waals surface area (Å²) in [6.45, 7) is 1.92. The molecule has 1 aliphatic heterocycles. The fraction of sp³-hybridized carbons (Fsp3) is 0.182. The molecule has 0 N–H and O–H groups in total. The topological polar surface area (TPSA) is 27.7 Å². The molecule has 3 aromatic rings. The Morgan fingerprint density at radius 3 is 2.00 bits per heavy atom. The van der Waals surface area contributed by atoms with E-state index in [-0.39, 0.29) is 6.29 Å². The highest BCUT2D eigenvalue weighted by molar-refractivity contribution is 5.56. The molecular weight excluding hydrogens is 312 g/mol. The van der Waals surface area contributed by atoms with Gasteiger partial charge in [0, 0.05) is 5.56 Å². The van der Waals surface area contributed by atoms with Gasteiger partial charge in [-0.05, 0) is 36.2 Å². The Hall–Kier alpha value is -2.78. The molecule has 1 atom stereocenters. The van der Waals surface area contributed by atoms with Crippen molar-refractivity contribution in [2.75, 3.05) is 7.11 Å². The lowest BCUT2D eigenvalue weighted by Crippen LogP contribution is -2.42. The zero-order valence-corrected chi connectivity index (χ0v) is 14.3. The van der Waals surface area contributed by atoms with Gasteiger partial charge < -0.3 is 14.2 Å². The minimum atomic E-state index is -0.746. The van der Waals surface area contributed by atoms with Crippen molar-refractivity contribution in [2.24, 2.45) is 0 Å². The molecule has 1 aliphatic rings. The Labute approximate surface area is 147 Å². The van der Waals surface area contributed by atoms with Crippen molar-refractivity contribution in [1.29, 1.82) is 0 Å². The van der Waals surface area contributed by atoms with Crippen molar-refractivity contribution in [3.8, 4) is 11.5 Å². The first-order chi connectivity index (χ1) is 12.2. The molecule has 0 saturated heterocycles. The third-order valence-corrected chi connectivity index (χ3v) is 4.56. The number of benzene rings is 3. The van der Waals surface area contributed by atoms with Crippen molar-refractivity contribution in [3.63, 3.8) is 0 Å². The van der Waals surface area contributed by atoms with Crippen LogP contribution >= 0.6 is 0 Å². The maximum absolute atomic E-state index is 6.49. The van der Waals surface area contributed by atoms with E-state index in [4.69, 9.17) is 14.2 Å². The number of hydrogen-bond donors (Lipinski definition) is 0. The molecule has 0 radical (unpaired) electrons. The smallest absolute Gasteiger partial charge is 0.198 e. The Bertz CT molecular complexity index is 819. The van der Waals surface area contributed by atoms with Crippen molar-refractivity contribution in [1.82, 2.24) is 0 Å². The fourth-order valence-electron chi connectivity index (χ4n) is 3.49. The standard InChI is InChI=1S/C22H20O3/c1-16-24-21-14-13-19(23-2)15-20(21)22(25-16,17-9-5-3-6-10-17)18-11-7-4-8-12-18/h3-16H,1-2H3. The van der Waals surface area contributed by atoms with Crippen LogP contribution in [0.15, 0.2) is 78.9 Å². The van der Waals surface area contributed by atoms with Gasteiger partial charge in [0.25, 0.3) is 0 Å². The van der Waals surface area contributed by atoms with Crippen LogP contribution < -0.4 is 9.47 Å². The minimum Gasteiger partial charge on any atom is -0.497 e. The largest absolute Gasteiger partial charge is 0.497 e. The van der Waals surface area contributed by atoms with Gasteiger partial charge in [-0.1, -0.05) is 60.7 Å². The van der Waals surface area contributed by atoms with E-state index in [1.165, 1.54) is 0 Å². The maximum Gasteiger partial charge on any atom is 0.198 e. The van der Waals surface area contributed by atoms with Crippen molar-refractivity contribution >= 4 is 0 Å². The lowest BCUT2D eigenvalue weighted by Gasteiger charge is -2.42. The van der Waals surface area contributed by atoms with Crippen LogP contribution in [0.5, 0.6) is 11.5 Å². The molecule has 1 heterocycles. The summed E-state index contributed by atoms with van der Waals surface area (Å²) in [5.74, 6) is 1.59. The highest BCUT2D eigenvalue weighted by atomic mass is 16.7. The Kier molecular flexibility index (Phi) is 3.94. The Morgan fingerprint density at radius 2 is 1.44 bits per heavy atom. The van der Waals surface area contributed by atoms with Crippen LogP contribution in [0.2, 0.25) is 0 Å². The Balaban J connectivity index is 2.05. The van der Waals surface area contributed by atoms with E-state index in [0.717, 1.165) is 28.2 Å². The van der Waals surface area contributed by atoms with Crippen LogP contribution in [0.4, 0.5) is 0 Å². The molecule has 25 heavy (non-hydrogen) atoms. The summed E-state index contributed by atoms with van der Waals surface area (Å²) in [6.07, 6.45) is -0.374. The summed E-state index contributed by atoms with van der Waals surface area (Å²) in [4.78, 5) is 0. The molecule has 126 valence electrons. The van der Waals surface area contributed by atoms with E-state index >= 15 is 0 Å². The lowest BCUT2D eigenvalue weighted by molar-refractivity contribution is -0.152. The van der Waals surface area contributed by atoms with Crippen LogP contribution in [-0.4, -0.2) is 13.4 Å². The van der Waals surface area contributed by atoms with E-state index in [2.05, 4.69) is 24.3 Å². The van der Waals surface area contributed by atoms with Gasteiger partial charge in [0.15, 0.2) is 11.9 Å². The molecule has 0 aliphatic carbocycles. The second-order valence-corrected chi connectivity index (χ2v) is 6.08. The first kappa shape index (κ1) is 15.7. The number of methoxy groups -OCH3 is 1. The van der Waals surface area contributed by atoms with Gasteiger partial charge in [-0.2, -0.15) is 0 Å². The summed E-state index contributed by atoms with van der Waals surface area (Å²) in [7, 11) is 1.67. The average molecular weight is 332 g/mol. The van der Waals surface area contributed by atoms with Crippen LogP contribution in [0.1, 0.15) is 23.6 Å². The molecule has 3 nitrogen and oxygen atoms in total. The van der Waals surface area contributed by atoms with Crippen molar-refractivity contribution < 1.29 is 14.2 Å². The molecule has 0 amide bonds. The van der Waals surface area contributed by atoms with Gasteiger partial charge >= 0.3 is 0 Å². The number of rotatable bonds is 3. The maximum atomic E-state index is 6.49. The predicted molar refractivity (Wildman–Crippen MR) is 96.9 cm³/mol. The molecule has 0 aromatic heterocycles. The summed E-state index contributed by atoms with van der Waals surface area (Å²) >= 11 is 0. The normalized spacial score (nSPS) is 18.1. The van der Waals surface area contributed by atoms with Gasteiger partial charge in [0.1, 0.15) is 11.5 Å². The van der Waals surface area contributed by atoms with E-state index in [9.17, 15) is 0 Å². The first-order valence-electron chi connectivity index (χ1n) is 8.38. The fourth-order valence-corrected chi connectivity index (χ4v) is 3.49. The number of ether oxygens (including phenoxy) is 3. The van der Waals surface area contributed by atoms with Gasteiger partial charge in [-0.3, -0.25) is 0 Å². The van der Waals surface area contributed by atoms with Crippen LogP contribution in [0, 0.1) is 0 Å². The molecule has 0 spiro atoms. The molecule has 3 heteroatoms. The van der Waals surface area contributed by atoms with Crippen molar-refractivity contribution in [3.05, 3.63) is 95.6 Å². The van der Waals surface area contributed by atoms with E-state index in [1.807, 2.05) is 61.5 Å². The molecule has 1 unspecified atom stereocenters. The van der Waals surface area contributed by atoms with Gasteiger partial charge in [-0.25, -0.2) is 0 Å². The first-order valence-corrected chi connectivity index (χ1v) is 8.38. The zero-order chi connectivity index (χ0) is 17.3. The van der Waals surface area contributed by atoms with Gasteiger partial charge in [0.2, 0.25) is 0 Å². The molecule has 4 rings (SSSR count). The van der Waals surface area contributed by atoms with Crippen LogP contribution in [0.3, 0.4) is 0 Å². The van der Waals surface area contributed by atoms with Gasteiger partial charge in [-0.15, -0.1) is 0 Å². The zero-order valence-electron chi connectivity index (χ0n) is 14.3. The monoisotopic (exact) mass is 332 g/mol. The number of hydrogen-bond acceptors (Lipinski definition) is 3. The second-order valence-electron chi connectivity index (χ2n) is 6.08. The van der Waals surface area contributed by atoms with E-state index in [1.54, 1.807) is 7.11 Å². The molecule has 0 bridgehead atoms. The summed E-state index contributed by atoms with van der Waals surface area (Å²) in [5, 5.41) is 0. The average Bonchev–Trinajstić information content (AvgIpc) is 2.68. The third-order valence-electron chi connectivity index (χ3n) is 4.56. The highest BCUT2D eigenvalue weighted by Gasteiger charge is 2.45. The third kappa shape index (κ3) is 2.57. The molecule has 0 fully saturated rings. The summed E-state index contributed by atoms with van der Waals surface area (Å²) in [5.41, 5.74) is 2.32. The highest BCUT2D eigenvalue weighted by Crippen LogP contribution is 2.49. The second kappa shape index (κ2) is 6.26. The van der Waals surface area contributed by atoms with E-state index in [0.29, 0.717) is 0 Å². The molecule has 0 saturated carbocycles. The SMILES string of the molecule is COc1ccc2c(c1)C(c1ccccc1)(c1ccccc1)OC(C)O2. The van der Waals surface area contributed by atoms with Crippen molar-refractivity contribution in [2.45, 2.75) is 18.8 Å². The Morgan fingerprint density at radius 1 is 0.840 bits per heavy atom. The number of fused-ring (bicyclic) bond motifs is 1. The minimum absolute atomic E-state index is 0.374. The molecule has 3 aromatic carbocycles.